The lowest BCUT2D eigenvalue weighted by Gasteiger charge is -2.26. The van der Waals surface area contributed by atoms with Crippen LogP contribution in [-0.2, 0) is 21.7 Å². The van der Waals surface area contributed by atoms with Gasteiger partial charge in [0.25, 0.3) is 0 Å². The summed E-state index contributed by atoms with van der Waals surface area (Å²) in [6.45, 7) is 28.2. The molecule has 1 aliphatic rings. The number of para-hydroxylation sites is 1. The molecule has 0 fully saturated rings. The van der Waals surface area contributed by atoms with Crippen LogP contribution in [0.2, 0.25) is 0 Å². The molecular formula is C82H72N2. The van der Waals surface area contributed by atoms with Crippen LogP contribution in [0.3, 0.4) is 0 Å². The molecule has 11 aromatic carbocycles. The van der Waals surface area contributed by atoms with Gasteiger partial charge in [-0.25, -0.2) is 0 Å². The normalized spacial score (nSPS) is 13.0. The molecule has 15 rings (SSSR count). The van der Waals surface area contributed by atoms with Crippen LogP contribution >= 0.6 is 0 Å². The first kappa shape index (κ1) is 51.9. The highest BCUT2D eigenvalue weighted by Gasteiger charge is 2.35. The number of rotatable bonds is 4. The van der Waals surface area contributed by atoms with Crippen LogP contribution in [0.25, 0.3) is 143 Å². The first-order chi connectivity index (χ1) is 40.3. The minimum Gasteiger partial charge on any atom is -0.308 e. The molecule has 2 heteroatoms. The van der Waals surface area contributed by atoms with E-state index in [-0.39, 0.29) is 21.7 Å². The maximum Gasteiger partial charge on any atom is 0.0648 e. The van der Waals surface area contributed by atoms with E-state index in [0.717, 1.165) is 0 Å². The van der Waals surface area contributed by atoms with E-state index in [1.165, 1.54) is 166 Å². The average Bonchev–Trinajstić information content (AvgIpc) is 1.59. The van der Waals surface area contributed by atoms with Crippen molar-refractivity contribution in [3.8, 4) is 83.6 Å². The molecule has 0 unspecified atom stereocenters. The highest BCUT2D eigenvalue weighted by atomic mass is 15.0. The lowest BCUT2D eigenvalue weighted by molar-refractivity contribution is 0.587. The summed E-state index contributed by atoms with van der Waals surface area (Å²) in [6, 6.07) is 84.2. The largest absolute Gasteiger partial charge is 0.308 e. The van der Waals surface area contributed by atoms with Crippen molar-refractivity contribution in [3.05, 3.63) is 241 Å². The molecular weight excluding hydrogens is 1010 g/mol. The van der Waals surface area contributed by atoms with Gasteiger partial charge in [-0.05, 0) is 153 Å². The number of benzene rings is 11. The van der Waals surface area contributed by atoms with Crippen molar-refractivity contribution in [2.24, 2.45) is 0 Å². The Bertz CT molecular complexity index is 5040. The molecule has 1 aliphatic carbocycles. The van der Waals surface area contributed by atoms with E-state index in [1.54, 1.807) is 0 Å². The SMILES string of the molecule is CC(C)(C)c1ccccc1-c1ccc2c(c1)c1c3c(c4c(c5cc(-c6ccccc6C(C)(C)C)cc6c7cc(-c8ccccc8C(C)(C)C)ccc7n4c65)c1n2-c1ccccc1C(C)(C)C)-c1ccccc1-c1ccccc1-c1ccccc1-3. The zero-order valence-electron chi connectivity index (χ0n) is 50.7. The lowest BCUT2D eigenvalue weighted by atomic mass is 9.78. The predicted molar refractivity (Wildman–Crippen MR) is 362 cm³/mol. The summed E-state index contributed by atoms with van der Waals surface area (Å²) in [7, 11) is 0. The molecule has 0 bridgehead atoms. The number of nitrogens with zero attached hydrogens (tertiary/aromatic N) is 2. The van der Waals surface area contributed by atoms with Crippen molar-refractivity contribution in [1.29, 1.82) is 0 Å². The minimum atomic E-state index is -0.179. The highest BCUT2D eigenvalue weighted by Crippen LogP contribution is 2.59. The van der Waals surface area contributed by atoms with E-state index in [9.17, 15) is 0 Å². The fourth-order valence-corrected chi connectivity index (χ4v) is 14.9. The average molecular weight is 1090 g/mol. The molecule has 0 N–H and O–H groups in total. The summed E-state index contributed by atoms with van der Waals surface area (Å²) in [5, 5.41) is 7.55. The summed E-state index contributed by atoms with van der Waals surface area (Å²) < 4.78 is 5.41. The van der Waals surface area contributed by atoms with Crippen molar-refractivity contribution in [2.45, 2.75) is 105 Å². The number of fused-ring (bicyclic) bond motifs is 20. The fraction of sp³-hybridized carbons (Fsp3) is 0.195. The fourth-order valence-electron chi connectivity index (χ4n) is 14.9. The molecule has 0 saturated heterocycles. The minimum absolute atomic E-state index is 0.0499. The van der Waals surface area contributed by atoms with Crippen molar-refractivity contribution < 1.29 is 0 Å². The van der Waals surface area contributed by atoms with E-state index in [4.69, 9.17) is 0 Å². The molecule has 2 nitrogen and oxygen atoms in total. The van der Waals surface area contributed by atoms with Gasteiger partial charge in [0.1, 0.15) is 0 Å². The highest BCUT2D eigenvalue weighted by molar-refractivity contribution is 6.38. The van der Waals surface area contributed by atoms with Gasteiger partial charge in [0.2, 0.25) is 0 Å². The van der Waals surface area contributed by atoms with Gasteiger partial charge in [0, 0.05) is 49.1 Å². The van der Waals surface area contributed by atoms with Gasteiger partial charge < -0.3 is 8.97 Å². The molecule has 3 heterocycles. The van der Waals surface area contributed by atoms with E-state index in [0.29, 0.717) is 0 Å². The zero-order valence-corrected chi connectivity index (χ0v) is 50.7. The quantitative estimate of drug-likeness (QED) is 0.166. The van der Waals surface area contributed by atoms with E-state index in [2.05, 4.69) is 310 Å². The van der Waals surface area contributed by atoms with E-state index in [1.807, 2.05) is 0 Å². The van der Waals surface area contributed by atoms with Gasteiger partial charge in [-0.15, -0.1) is 0 Å². The molecule has 0 atom stereocenters. The maximum atomic E-state index is 2.71. The van der Waals surface area contributed by atoms with E-state index < -0.39 is 0 Å². The van der Waals surface area contributed by atoms with Gasteiger partial charge in [-0.3, -0.25) is 0 Å². The molecule has 0 radical (unpaired) electrons. The number of hydrogen-bond acceptors (Lipinski definition) is 0. The molecule has 0 amide bonds. The standard InChI is InChI=1S/C82H72N2/c1-79(2,3)65-36-22-19-27-52(65)49-41-43-69-61(45-49)62-47-51(54-29-21-24-38-67(54)81(7,8)9)48-64-75-77-74(63-46-50(53-28-20-23-37-66(53)80(4,5)6)42-44-70(63)83(77)71-40-26-25-39-68(71)82(10,11)12)72-59-34-17-15-32-57(59)55-30-13-14-31-56(55)58-33-16-18-35-60(58)73(72)78(75)84(69)76(62)64/h13-48H,1-12H3. The van der Waals surface area contributed by atoms with Gasteiger partial charge in [-0.2, -0.15) is 0 Å². The Hall–Kier alpha value is -8.98. The Balaban J connectivity index is 1.26. The van der Waals surface area contributed by atoms with Gasteiger partial charge in [0.05, 0.1) is 27.6 Å². The van der Waals surface area contributed by atoms with Crippen LogP contribution in [0, 0.1) is 0 Å². The van der Waals surface area contributed by atoms with Crippen LogP contribution in [0.5, 0.6) is 0 Å². The second-order valence-electron chi connectivity index (χ2n) is 28.0. The monoisotopic (exact) mass is 1080 g/mol. The van der Waals surface area contributed by atoms with Crippen LogP contribution in [-0.4, -0.2) is 8.97 Å². The molecule has 3 aromatic heterocycles. The Morgan fingerprint density at radius 1 is 0.250 bits per heavy atom. The van der Waals surface area contributed by atoms with Crippen molar-refractivity contribution >= 4 is 59.9 Å². The van der Waals surface area contributed by atoms with Crippen LogP contribution in [0.1, 0.15) is 105 Å². The third kappa shape index (κ3) is 7.68. The van der Waals surface area contributed by atoms with Crippen LogP contribution in [0.4, 0.5) is 0 Å². The van der Waals surface area contributed by atoms with E-state index >= 15 is 0 Å². The Morgan fingerprint density at radius 3 is 1.12 bits per heavy atom. The Labute approximate surface area is 495 Å². The first-order valence-electron chi connectivity index (χ1n) is 30.3. The van der Waals surface area contributed by atoms with Gasteiger partial charge >= 0.3 is 0 Å². The van der Waals surface area contributed by atoms with Gasteiger partial charge in [-0.1, -0.05) is 259 Å². The second-order valence-corrected chi connectivity index (χ2v) is 28.0. The summed E-state index contributed by atoms with van der Waals surface area (Å²) in [5.74, 6) is 0. The summed E-state index contributed by atoms with van der Waals surface area (Å²) in [4.78, 5) is 0. The molecule has 84 heavy (non-hydrogen) atoms. The van der Waals surface area contributed by atoms with Crippen molar-refractivity contribution in [3.63, 3.8) is 0 Å². The summed E-state index contributed by atoms with van der Waals surface area (Å²) >= 11 is 0. The molecule has 0 spiro atoms. The topological polar surface area (TPSA) is 9.34 Å². The predicted octanol–water partition coefficient (Wildman–Crippen LogP) is 23.1. The third-order valence-corrected chi connectivity index (χ3v) is 18.5. The smallest absolute Gasteiger partial charge is 0.0648 e. The van der Waals surface area contributed by atoms with Crippen molar-refractivity contribution in [1.82, 2.24) is 8.97 Å². The number of aromatic nitrogens is 2. The zero-order chi connectivity index (χ0) is 57.9. The van der Waals surface area contributed by atoms with Crippen molar-refractivity contribution in [2.75, 3.05) is 0 Å². The Morgan fingerprint density at radius 2 is 0.619 bits per heavy atom. The maximum absolute atomic E-state index is 2.71. The Kier molecular flexibility index (Phi) is 11.3. The lowest BCUT2D eigenvalue weighted by Crippen LogP contribution is -2.15. The number of hydrogen-bond donors (Lipinski definition) is 0. The van der Waals surface area contributed by atoms with Gasteiger partial charge in [0.15, 0.2) is 0 Å². The molecule has 0 saturated carbocycles. The molecule has 410 valence electrons. The van der Waals surface area contributed by atoms with Crippen LogP contribution < -0.4 is 0 Å². The third-order valence-electron chi connectivity index (χ3n) is 18.5. The molecule has 0 aliphatic heterocycles. The second kappa shape index (κ2) is 18.3. The first-order valence-corrected chi connectivity index (χ1v) is 30.3. The molecule has 14 aromatic rings. The summed E-state index contributed by atoms with van der Waals surface area (Å²) in [5.41, 5.74) is 29.7. The summed E-state index contributed by atoms with van der Waals surface area (Å²) in [6.07, 6.45) is 0. The van der Waals surface area contributed by atoms with Crippen LogP contribution in [0.15, 0.2) is 218 Å².